The number of hydrogen-bond donors (Lipinski definition) is 2. The fourth-order valence-electron chi connectivity index (χ4n) is 2.27. The number of piperazine rings is 1. The van der Waals surface area contributed by atoms with Crippen molar-refractivity contribution >= 4 is 18.5 Å². The maximum absolute atomic E-state index is 11.2. The van der Waals surface area contributed by atoms with Crippen LogP contribution in [0.4, 0.5) is 4.79 Å². The molecule has 6 heteroatoms. The van der Waals surface area contributed by atoms with Crippen molar-refractivity contribution in [1.82, 2.24) is 10.2 Å². The maximum atomic E-state index is 11.2. The van der Waals surface area contributed by atoms with Crippen LogP contribution in [0, 0.1) is 0 Å². The Hall–Kier alpha value is -1.46. The molecular formula is C13H19ClN2O3. The molecule has 0 aliphatic carbocycles. The number of nitrogens with one attached hydrogen (secondary N) is 1. The second-order valence-corrected chi connectivity index (χ2v) is 4.39. The van der Waals surface area contributed by atoms with E-state index in [0.717, 1.165) is 17.9 Å². The normalized spacial score (nSPS) is 18.6. The standard InChI is InChI=1S/C13H18N2O3.ClH/c1-18-12-4-2-3-10(8-12)7-11-9-14-5-6-15(11)13(16)17;/h2-4,8,11,14H,5-7,9H2,1H3,(H,16,17);1H. The fraction of sp³-hybridized carbons (Fsp3) is 0.462. The van der Waals surface area contributed by atoms with Crippen LogP contribution in [0.1, 0.15) is 5.56 Å². The molecule has 2 rings (SSSR count). The number of hydrogen-bond acceptors (Lipinski definition) is 3. The number of amides is 1. The van der Waals surface area contributed by atoms with E-state index in [0.29, 0.717) is 19.5 Å². The van der Waals surface area contributed by atoms with Gasteiger partial charge in [-0.1, -0.05) is 12.1 Å². The molecule has 0 bridgehead atoms. The topological polar surface area (TPSA) is 61.8 Å². The zero-order chi connectivity index (χ0) is 13.0. The lowest BCUT2D eigenvalue weighted by atomic mass is 10.0. The first kappa shape index (κ1) is 15.6. The zero-order valence-electron chi connectivity index (χ0n) is 10.8. The Kier molecular flexibility index (Phi) is 5.92. The number of nitrogens with zero attached hydrogens (tertiary/aromatic N) is 1. The van der Waals surface area contributed by atoms with Crippen LogP contribution < -0.4 is 10.1 Å². The lowest BCUT2D eigenvalue weighted by Gasteiger charge is -2.34. The summed E-state index contributed by atoms with van der Waals surface area (Å²) in [5.41, 5.74) is 1.09. The highest BCUT2D eigenvalue weighted by Crippen LogP contribution is 2.16. The first-order chi connectivity index (χ1) is 8.70. The summed E-state index contributed by atoms with van der Waals surface area (Å²) in [6.07, 6.45) is -0.138. The molecule has 1 aliphatic rings. The molecule has 0 saturated carbocycles. The van der Waals surface area contributed by atoms with Crippen molar-refractivity contribution in [3.8, 4) is 5.75 Å². The Bertz CT molecular complexity index is 428. The van der Waals surface area contributed by atoms with Crippen molar-refractivity contribution in [2.45, 2.75) is 12.5 Å². The fourth-order valence-corrected chi connectivity index (χ4v) is 2.27. The average molecular weight is 287 g/mol. The van der Waals surface area contributed by atoms with Gasteiger partial charge in [0.05, 0.1) is 13.2 Å². The summed E-state index contributed by atoms with van der Waals surface area (Å²) in [7, 11) is 1.63. The molecule has 1 heterocycles. The van der Waals surface area contributed by atoms with Crippen LogP contribution in [0.25, 0.3) is 0 Å². The minimum atomic E-state index is -0.843. The van der Waals surface area contributed by atoms with Crippen molar-refractivity contribution in [3.63, 3.8) is 0 Å². The number of methoxy groups -OCH3 is 1. The predicted octanol–water partition coefficient (Wildman–Crippen LogP) is 1.61. The molecule has 2 N–H and O–H groups in total. The van der Waals surface area contributed by atoms with Crippen molar-refractivity contribution in [2.24, 2.45) is 0 Å². The first-order valence-corrected chi connectivity index (χ1v) is 6.04. The number of halogens is 1. The van der Waals surface area contributed by atoms with Crippen LogP contribution in [0.5, 0.6) is 5.75 Å². The molecule has 1 fully saturated rings. The molecule has 19 heavy (non-hydrogen) atoms. The molecule has 1 aliphatic heterocycles. The Balaban J connectivity index is 0.00000180. The molecule has 1 aromatic rings. The third-order valence-electron chi connectivity index (χ3n) is 3.20. The van der Waals surface area contributed by atoms with E-state index in [9.17, 15) is 4.79 Å². The van der Waals surface area contributed by atoms with Crippen molar-refractivity contribution < 1.29 is 14.6 Å². The Morgan fingerprint density at radius 3 is 3.05 bits per heavy atom. The summed E-state index contributed by atoms with van der Waals surface area (Å²) in [4.78, 5) is 12.7. The van der Waals surface area contributed by atoms with Gasteiger partial charge in [0.1, 0.15) is 5.75 Å². The summed E-state index contributed by atoms with van der Waals surface area (Å²) in [6, 6.07) is 7.75. The summed E-state index contributed by atoms with van der Waals surface area (Å²) in [6.45, 7) is 1.97. The van der Waals surface area contributed by atoms with Crippen LogP contribution in [0.15, 0.2) is 24.3 Å². The highest BCUT2D eigenvalue weighted by molar-refractivity contribution is 5.85. The molecule has 1 saturated heterocycles. The number of carboxylic acid groups (broad SMARTS) is 1. The molecule has 0 spiro atoms. The van der Waals surface area contributed by atoms with Crippen LogP contribution in [0.3, 0.4) is 0 Å². The van der Waals surface area contributed by atoms with E-state index in [1.807, 2.05) is 24.3 Å². The smallest absolute Gasteiger partial charge is 0.407 e. The quantitative estimate of drug-likeness (QED) is 0.886. The average Bonchev–Trinajstić information content (AvgIpc) is 2.39. The SMILES string of the molecule is COc1cccc(CC2CNCCN2C(=O)O)c1.Cl. The van der Waals surface area contributed by atoms with Gasteiger partial charge in [0.2, 0.25) is 0 Å². The lowest BCUT2D eigenvalue weighted by Crippen LogP contribution is -2.54. The molecule has 1 aromatic carbocycles. The van der Waals surface area contributed by atoms with Gasteiger partial charge in [0, 0.05) is 19.6 Å². The van der Waals surface area contributed by atoms with Gasteiger partial charge in [-0.3, -0.25) is 0 Å². The highest BCUT2D eigenvalue weighted by atomic mass is 35.5. The minimum absolute atomic E-state index is 0. The van der Waals surface area contributed by atoms with Crippen molar-refractivity contribution in [3.05, 3.63) is 29.8 Å². The van der Waals surface area contributed by atoms with Gasteiger partial charge in [-0.2, -0.15) is 0 Å². The second-order valence-electron chi connectivity index (χ2n) is 4.39. The Labute approximate surface area is 119 Å². The molecule has 1 atom stereocenters. The van der Waals surface area contributed by atoms with Gasteiger partial charge in [-0.05, 0) is 24.1 Å². The van der Waals surface area contributed by atoms with Crippen LogP contribution in [0.2, 0.25) is 0 Å². The summed E-state index contributed by atoms with van der Waals surface area (Å²) in [5.74, 6) is 0.804. The monoisotopic (exact) mass is 286 g/mol. The first-order valence-electron chi connectivity index (χ1n) is 6.04. The van der Waals surface area contributed by atoms with Gasteiger partial charge >= 0.3 is 6.09 Å². The van der Waals surface area contributed by atoms with Crippen LogP contribution >= 0.6 is 12.4 Å². The second kappa shape index (κ2) is 7.21. The molecule has 1 amide bonds. The molecular weight excluding hydrogens is 268 g/mol. The number of carbonyl (C=O) groups is 1. The summed E-state index contributed by atoms with van der Waals surface area (Å²) in [5, 5.41) is 12.4. The van der Waals surface area contributed by atoms with Crippen LogP contribution in [-0.2, 0) is 6.42 Å². The molecule has 0 radical (unpaired) electrons. The number of benzene rings is 1. The minimum Gasteiger partial charge on any atom is -0.497 e. The predicted molar refractivity (Wildman–Crippen MR) is 75.3 cm³/mol. The Morgan fingerprint density at radius 1 is 1.58 bits per heavy atom. The van der Waals surface area contributed by atoms with E-state index < -0.39 is 6.09 Å². The van der Waals surface area contributed by atoms with Gasteiger partial charge in [0.15, 0.2) is 0 Å². The van der Waals surface area contributed by atoms with E-state index in [4.69, 9.17) is 9.84 Å². The van der Waals surface area contributed by atoms with Gasteiger partial charge in [-0.25, -0.2) is 4.79 Å². The van der Waals surface area contributed by atoms with Crippen molar-refractivity contribution in [1.29, 1.82) is 0 Å². The maximum Gasteiger partial charge on any atom is 0.407 e. The van der Waals surface area contributed by atoms with Crippen molar-refractivity contribution in [2.75, 3.05) is 26.7 Å². The molecule has 0 aromatic heterocycles. The van der Waals surface area contributed by atoms with Gasteiger partial charge in [-0.15, -0.1) is 12.4 Å². The lowest BCUT2D eigenvalue weighted by molar-refractivity contribution is 0.112. The number of ether oxygens (including phenoxy) is 1. The van der Waals surface area contributed by atoms with E-state index in [2.05, 4.69) is 5.32 Å². The third kappa shape index (κ3) is 4.01. The summed E-state index contributed by atoms with van der Waals surface area (Å²) < 4.78 is 5.17. The van der Waals surface area contributed by atoms with Gasteiger partial charge in [0.25, 0.3) is 0 Å². The van der Waals surface area contributed by atoms with Crippen LogP contribution in [-0.4, -0.2) is 48.9 Å². The summed E-state index contributed by atoms with van der Waals surface area (Å²) >= 11 is 0. The highest BCUT2D eigenvalue weighted by Gasteiger charge is 2.26. The molecule has 5 nitrogen and oxygen atoms in total. The van der Waals surface area contributed by atoms with E-state index >= 15 is 0 Å². The third-order valence-corrected chi connectivity index (χ3v) is 3.20. The largest absolute Gasteiger partial charge is 0.497 e. The van der Waals surface area contributed by atoms with E-state index in [1.165, 1.54) is 4.90 Å². The molecule has 106 valence electrons. The number of rotatable bonds is 3. The van der Waals surface area contributed by atoms with E-state index in [-0.39, 0.29) is 18.4 Å². The zero-order valence-corrected chi connectivity index (χ0v) is 11.7. The Morgan fingerprint density at radius 2 is 2.37 bits per heavy atom. The molecule has 1 unspecified atom stereocenters. The van der Waals surface area contributed by atoms with Gasteiger partial charge < -0.3 is 20.1 Å². The van der Waals surface area contributed by atoms with E-state index in [1.54, 1.807) is 7.11 Å².